The molecule has 1 saturated heterocycles. The van der Waals surface area contributed by atoms with E-state index in [1.807, 2.05) is 6.07 Å². The second-order valence-electron chi connectivity index (χ2n) is 7.65. The third kappa shape index (κ3) is 6.74. The Labute approximate surface area is 175 Å². The summed E-state index contributed by atoms with van der Waals surface area (Å²) in [6.07, 6.45) is 4.69. The topological polar surface area (TPSA) is 66.8 Å². The second kappa shape index (κ2) is 11.0. The number of hydrogen-bond donors (Lipinski definition) is 1. The van der Waals surface area contributed by atoms with Crippen molar-refractivity contribution in [2.24, 2.45) is 0 Å². The van der Waals surface area contributed by atoms with Gasteiger partial charge in [-0.25, -0.2) is 4.79 Å². The molecule has 1 aromatic heterocycles. The van der Waals surface area contributed by atoms with E-state index in [4.69, 9.17) is 0 Å². The minimum absolute atomic E-state index is 0.247. The number of alkyl halides is 2. The van der Waals surface area contributed by atoms with E-state index in [9.17, 15) is 23.5 Å². The monoisotopic (exact) mass is 431 g/mol. The fraction of sp³-hybridized carbons (Fsp3) is 0.714. The Morgan fingerprint density at radius 1 is 1.34 bits per heavy atom. The first-order valence-electron chi connectivity index (χ1n) is 10.3. The van der Waals surface area contributed by atoms with Crippen LogP contribution in [0.3, 0.4) is 0 Å². The number of esters is 1. The number of halogens is 2. The highest BCUT2D eigenvalue weighted by molar-refractivity contribution is 7.13. The minimum Gasteiger partial charge on any atom is -0.465 e. The lowest BCUT2D eigenvalue weighted by Crippen LogP contribution is -2.37. The molecular weight excluding hydrogens is 400 g/mol. The summed E-state index contributed by atoms with van der Waals surface area (Å²) < 4.78 is 32.7. The van der Waals surface area contributed by atoms with Gasteiger partial charge in [-0.3, -0.25) is 4.79 Å². The maximum Gasteiger partial charge on any atom is 0.348 e. The minimum atomic E-state index is -3.32. The lowest BCUT2D eigenvalue weighted by atomic mass is 10.0. The Bertz CT molecular complexity index is 679. The largest absolute Gasteiger partial charge is 0.465 e. The zero-order valence-corrected chi connectivity index (χ0v) is 18.0. The van der Waals surface area contributed by atoms with Crippen LogP contribution in [-0.4, -0.2) is 53.6 Å². The number of aliphatic hydroxyl groups is 1. The van der Waals surface area contributed by atoms with E-state index in [0.29, 0.717) is 37.0 Å². The van der Waals surface area contributed by atoms with Crippen molar-refractivity contribution in [2.45, 2.75) is 82.8 Å². The maximum absolute atomic E-state index is 14.0. The smallest absolute Gasteiger partial charge is 0.348 e. The number of hydrogen-bond acceptors (Lipinski definition) is 5. The highest BCUT2D eigenvalue weighted by atomic mass is 32.1. The molecule has 29 heavy (non-hydrogen) atoms. The van der Waals surface area contributed by atoms with E-state index >= 15 is 0 Å². The summed E-state index contributed by atoms with van der Waals surface area (Å²) in [5, 5.41) is 10.1. The third-order valence-corrected chi connectivity index (χ3v) is 6.48. The number of methoxy groups -OCH3 is 1. The zero-order chi connectivity index (χ0) is 21.4. The Kier molecular flexibility index (Phi) is 9.02. The van der Waals surface area contributed by atoms with Crippen molar-refractivity contribution in [1.29, 1.82) is 0 Å². The van der Waals surface area contributed by atoms with Gasteiger partial charge in [0.2, 0.25) is 0 Å². The van der Waals surface area contributed by atoms with Gasteiger partial charge in [0.05, 0.1) is 13.2 Å². The molecule has 164 valence electrons. The first-order valence-corrected chi connectivity index (χ1v) is 11.1. The SMILES string of the molecule is CCCCC[C@H](O)CC[C@H]1CC(F)(F)C(=O)N1CCCc1ccc(C(=O)OC)s1. The van der Waals surface area contributed by atoms with Gasteiger partial charge in [0.25, 0.3) is 5.91 Å². The lowest BCUT2D eigenvalue weighted by molar-refractivity contribution is -0.148. The molecule has 0 bridgehead atoms. The number of carbonyl (C=O) groups excluding carboxylic acids is 2. The Morgan fingerprint density at radius 3 is 2.79 bits per heavy atom. The van der Waals surface area contributed by atoms with E-state index in [-0.39, 0.29) is 6.54 Å². The number of thiophene rings is 1. The number of aryl methyl sites for hydroxylation is 1. The van der Waals surface area contributed by atoms with Crippen LogP contribution in [0.15, 0.2) is 12.1 Å². The Balaban J connectivity index is 1.85. The van der Waals surface area contributed by atoms with Gasteiger partial charge in [0.1, 0.15) is 4.88 Å². The number of amides is 1. The number of ether oxygens (including phenoxy) is 1. The summed E-state index contributed by atoms with van der Waals surface area (Å²) in [5.74, 6) is -4.82. The van der Waals surface area contributed by atoms with E-state index in [1.165, 1.54) is 23.3 Å². The van der Waals surface area contributed by atoms with Crippen LogP contribution in [0.25, 0.3) is 0 Å². The molecule has 5 nitrogen and oxygen atoms in total. The molecule has 0 saturated carbocycles. The molecule has 0 aromatic carbocycles. The fourth-order valence-corrected chi connectivity index (χ4v) is 4.68. The summed E-state index contributed by atoms with van der Waals surface area (Å²) in [6, 6.07) is 2.97. The van der Waals surface area contributed by atoms with Gasteiger partial charge in [-0.05, 0) is 44.2 Å². The number of nitrogens with zero attached hydrogens (tertiary/aromatic N) is 1. The molecule has 1 aliphatic rings. The quantitative estimate of drug-likeness (QED) is 0.393. The van der Waals surface area contributed by atoms with Crippen LogP contribution < -0.4 is 0 Å². The van der Waals surface area contributed by atoms with Crippen molar-refractivity contribution < 1.29 is 28.2 Å². The highest BCUT2D eigenvalue weighted by Gasteiger charge is 2.52. The molecule has 1 fully saturated rings. The molecule has 2 rings (SSSR count). The van der Waals surface area contributed by atoms with Gasteiger partial charge < -0.3 is 14.7 Å². The first kappa shape index (κ1) is 23.7. The number of carbonyl (C=O) groups is 2. The lowest BCUT2D eigenvalue weighted by Gasteiger charge is -2.25. The van der Waals surface area contributed by atoms with Gasteiger partial charge in [-0.2, -0.15) is 8.78 Å². The van der Waals surface area contributed by atoms with Crippen LogP contribution in [0.1, 0.15) is 72.8 Å². The van der Waals surface area contributed by atoms with E-state index in [2.05, 4.69) is 11.7 Å². The average molecular weight is 432 g/mol. The van der Waals surface area contributed by atoms with Gasteiger partial charge in [0.15, 0.2) is 0 Å². The van der Waals surface area contributed by atoms with Crippen molar-refractivity contribution in [2.75, 3.05) is 13.7 Å². The van der Waals surface area contributed by atoms with Gasteiger partial charge in [0, 0.05) is 23.9 Å². The zero-order valence-electron chi connectivity index (χ0n) is 17.2. The van der Waals surface area contributed by atoms with Crippen molar-refractivity contribution in [3.8, 4) is 0 Å². The van der Waals surface area contributed by atoms with Crippen molar-refractivity contribution >= 4 is 23.2 Å². The Hall–Kier alpha value is -1.54. The summed E-state index contributed by atoms with van der Waals surface area (Å²) in [4.78, 5) is 26.4. The van der Waals surface area contributed by atoms with Crippen LogP contribution in [-0.2, 0) is 16.0 Å². The van der Waals surface area contributed by atoms with E-state index in [0.717, 1.165) is 24.1 Å². The molecule has 1 N–H and O–H groups in total. The molecule has 0 unspecified atom stereocenters. The van der Waals surface area contributed by atoms with Crippen LogP contribution in [0.2, 0.25) is 0 Å². The van der Waals surface area contributed by atoms with Crippen molar-refractivity contribution in [3.05, 3.63) is 21.9 Å². The number of likely N-dealkylation sites (tertiary alicyclic amines) is 1. The summed E-state index contributed by atoms with van der Waals surface area (Å²) >= 11 is 1.31. The fourth-order valence-electron chi connectivity index (χ4n) is 3.72. The standard InChI is InChI=1S/C21H31F2NO4S/c1-3-4-5-7-16(25)10-9-15-14-21(22,23)20(27)24(15)13-6-8-17-11-12-18(29-17)19(26)28-2/h11-12,15-16,25H,3-10,13-14H2,1-2H3/t15-,16-/m0/s1. The third-order valence-electron chi connectivity index (χ3n) is 5.35. The molecule has 8 heteroatoms. The number of rotatable bonds is 12. The van der Waals surface area contributed by atoms with Crippen LogP contribution >= 0.6 is 11.3 Å². The molecule has 0 spiro atoms. The molecule has 2 heterocycles. The number of aliphatic hydroxyl groups excluding tert-OH is 1. The summed E-state index contributed by atoms with van der Waals surface area (Å²) in [5.41, 5.74) is 0. The van der Waals surface area contributed by atoms with Crippen molar-refractivity contribution in [3.63, 3.8) is 0 Å². The second-order valence-corrected chi connectivity index (χ2v) is 8.82. The summed E-state index contributed by atoms with van der Waals surface area (Å²) in [6.45, 7) is 2.33. The van der Waals surface area contributed by atoms with Gasteiger partial charge in [-0.1, -0.05) is 26.2 Å². The van der Waals surface area contributed by atoms with Gasteiger partial charge in [-0.15, -0.1) is 11.3 Å². The first-order chi connectivity index (χ1) is 13.8. The Morgan fingerprint density at radius 2 is 2.10 bits per heavy atom. The molecule has 0 radical (unpaired) electrons. The normalized spacial score (nSPS) is 19.6. The molecule has 1 aliphatic heterocycles. The summed E-state index contributed by atoms with van der Waals surface area (Å²) in [7, 11) is 1.32. The maximum atomic E-state index is 14.0. The predicted octanol–water partition coefficient (Wildman–Crippen LogP) is 4.42. The van der Waals surface area contributed by atoms with Crippen molar-refractivity contribution in [1.82, 2.24) is 4.90 Å². The van der Waals surface area contributed by atoms with E-state index in [1.54, 1.807) is 6.07 Å². The van der Waals surface area contributed by atoms with Crippen LogP contribution in [0.4, 0.5) is 8.78 Å². The number of unbranched alkanes of at least 4 members (excludes halogenated alkanes) is 2. The molecule has 0 aliphatic carbocycles. The van der Waals surface area contributed by atoms with E-state index < -0.39 is 36.4 Å². The molecule has 1 amide bonds. The molecule has 2 atom stereocenters. The van der Waals surface area contributed by atoms with Gasteiger partial charge >= 0.3 is 11.9 Å². The molecule has 1 aromatic rings. The average Bonchev–Trinajstić information content (AvgIpc) is 3.24. The van der Waals surface area contributed by atoms with Crippen LogP contribution in [0.5, 0.6) is 0 Å². The van der Waals surface area contributed by atoms with Crippen LogP contribution in [0, 0.1) is 0 Å². The highest BCUT2D eigenvalue weighted by Crippen LogP contribution is 2.36. The predicted molar refractivity (Wildman–Crippen MR) is 108 cm³/mol. The molecular formula is C21H31F2NO4S.